The summed E-state index contributed by atoms with van der Waals surface area (Å²) < 4.78 is 0. The number of rotatable bonds is 2. The van der Waals surface area contributed by atoms with Gasteiger partial charge in [-0.05, 0) is 13.3 Å². The van der Waals surface area contributed by atoms with E-state index in [9.17, 15) is 0 Å². The highest BCUT2D eigenvalue weighted by Crippen LogP contribution is 2.02. The molecule has 0 aromatic heterocycles. The van der Waals surface area contributed by atoms with E-state index in [-0.39, 0.29) is 0 Å². The van der Waals surface area contributed by atoms with Gasteiger partial charge in [-0.25, -0.2) is 0 Å². The van der Waals surface area contributed by atoms with E-state index in [0.717, 1.165) is 6.42 Å². The third kappa shape index (κ3) is 3.87. The van der Waals surface area contributed by atoms with Gasteiger partial charge in [-0.15, -0.1) is 0 Å². The fraction of sp³-hybridized carbons (Fsp3) is 0.667. The second-order valence-corrected chi connectivity index (χ2v) is 1.92. The van der Waals surface area contributed by atoms with E-state index in [1.54, 1.807) is 5.54 Å². The summed E-state index contributed by atoms with van der Waals surface area (Å²) in [6, 6.07) is 0. The molecule has 0 rings (SSSR count). The quantitative estimate of drug-likeness (QED) is 0.523. The summed E-state index contributed by atoms with van der Waals surface area (Å²) in [6.07, 6.45) is 2.32. The molecular formula is C6H11Cl. The van der Waals surface area contributed by atoms with Gasteiger partial charge < -0.3 is 0 Å². The molecule has 0 aliphatic carbocycles. The predicted octanol–water partition coefficient (Wildman–Crippen LogP) is 2.93. The fourth-order valence-electron chi connectivity index (χ4n) is 0.449. The molecule has 42 valence electrons. The van der Waals surface area contributed by atoms with Crippen molar-refractivity contribution in [3.8, 4) is 0 Å². The van der Waals surface area contributed by atoms with E-state index in [1.807, 2.05) is 6.92 Å². The first-order valence-corrected chi connectivity index (χ1v) is 3.00. The second kappa shape index (κ2) is 4.20. The van der Waals surface area contributed by atoms with Crippen molar-refractivity contribution in [3.05, 3.63) is 11.1 Å². The average Bonchev–Trinajstić information content (AvgIpc) is 1.68. The molecule has 0 aromatic rings. The van der Waals surface area contributed by atoms with E-state index < -0.39 is 0 Å². The highest BCUT2D eigenvalue weighted by atomic mass is 35.5. The summed E-state index contributed by atoms with van der Waals surface area (Å²) in [7, 11) is 0. The van der Waals surface area contributed by atoms with Crippen LogP contribution in [-0.2, 0) is 0 Å². The van der Waals surface area contributed by atoms with Crippen LogP contribution in [0.2, 0.25) is 0 Å². The smallest absolute Gasteiger partial charge is 0.00316 e. The summed E-state index contributed by atoms with van der Waals surface area (Å²) in [6.45, 7) is 4.18. The molecule has 0 nitrogen and oxygen atoms in total. The van der Waals surface area contributed by atoms with Crippen LogP contribution < -0.4 is 0 Å². The molecule has 0 radical (unpaired) electrons. The van der Waals surface area contributed by atoms with Gasteiger partial charge in [0, 0.05) is 5.54 Å². The van der Waals surface area contributed by atoms with Crippen molar-refractivity contribution in [1.82, 2.24) is 0 Å². The lowest BCUT2D eigenvalue weighted by Gasteiger charge is -1.89. The number of allylic oxidation sites excluding steroid dienone is 1. The number of halogens is 1. The summed E-state index contributed by atoms with van der Waals surface area (Å²) in [4.78, 5) is 0. The lowest BCUT2D eigenvalue weighted by atomic mass is 10.2. The Labute approximate surface area is 50.2 Å². The first-order chi connectivity index (χ1) is 3.31. The third-order valence-electron chi connectivity index (χ3n) is 0.831. The summed E-state index contributed by atoms with van der Waals surface area (Å²) in [5.74, 6) is 0. The van der Waals surface area contributed by atoms with Gasteiger partial charge >= 0.3 is 0 Å². The van der Waals surface area contributed by atoms with Crippen molar-refractivity contribution in [2.45, 2.75) is 26.7 Å². The molecule has 0 heterocycles. The first-order valence-electron chi connectivity index (χ1n) is 2.57. The van der Waals surface area contributed by atoms with E-state index in [4.69, 9.17) is 11.6 Å². The van der Waals surface area contributed by atoms with Gasteiger partial charge in [0.1, 0.15) is 0 Å². The zero-order chi connectivity index (χ0) is 5.70. The van der Waals surface area contributed by atoms with Crippen molar-refractivity contribution >= 4 is 11.6 Å². The van der Waals surface area contributed by atoms with Crippen LogP contribution >= 0.6 is 11.6 Å². The largest absolute Gasteiger partial charge is 0.0930 e. The van der Waals surface area contributed by atoms with Crippen molar-refractivity contribution in [2.75, 3.05) is 0 Å². The minimum absolute atomic E-state index is 1.13. The predicted molar refractivity (Wildman–Crippen MR) is 34.5 cm³/mol. The normalized spacial score (nSPS) is 12.1. The number of hydrogen-bond donors (Lipinski definition) is 0. The average molecular weight is 119 g/mol. The molecule has 1 heteroatoms. The molecule has 0 aliphatic rings. The fourth-order valence-corrected chi connectivity index (χ4v) is 0.558. The molecule has 0 unspecified atom stereocenters. The zero-order valence-electron chi connectivity index (χ0n) is 4.87. The first kappa shape index (κ1) is 7.03. The standard InChI is InChI=1S/C6H11Cl/c1-3-4-6(2)5-7/h5H,3-4H2,1-2H3/b6-5-. The Balaban J connectivity index is 3.17. The van der Waals surface area contributed by atoms with Gasteiger partial charge in [0.15, 0.2) is 0 Å². The maximum Gasteiger partial charge on any atom is 0.00316 e. The van der Waals surface area contributed by atoms with Gasteiger partial charge in [0.05, 0.1) is 0 Å². The van der Waals surface area contributed by atoms with Crippen molar-refractivity contribution in [1.29, 1.82) is 0 Å². The highest BCUT2D eigenvalue weighted by Gasteiger charge is 1.81. The SMILES string of the molecule is CCC/C(C)=C\Cl. The van der Waals surface area contributed by atoms with Crippen molar-refractivity contribution in [2.24, 2.45) is 0 Å². The Morgan fingerprint density at radius 3 is 2.43 bits per heavy atom. The van der Waals surface area contributed by atoms with E-state index in [1.165, 1.54) is 12.0 Å². The monoisotopic (exact) mass is 118 g/mol. The lowest BCUT2D eigenvalue weighted by Crippen LogP contribution is -1.69. The molecule has 0 saturated carbocycles. The van der Waals surface area contributed by atoms with Gasteiger partial charge in [-0.3, -0.25) is 0 Å². The maximum absolute atomic E-state index is 5.37. The molecular weight excluding hydrogens is 108 g/mol. The van der Waals surface area contributed by atoms with E-state index in [0.29, 0.717) is 0 Å². The minimum atomic E-state index is 1.13. The van der Waals surface area contributed by atoms with Crippen LogP contribution in [0.4, 0.5) is 0 Å². The van der Waals surface area contributed by atoms with Crippen LogP contribution in [0.1, 0.15) is 26.7 Å². The minimum Gasteiger partial charge on any atom is -0.0930 e. The molecule has 0 aromatic carbocycles. The summed E-state index contributed by atoms with van der Waals surface area (Å²) in [5.41, 5.74) is 2.91. The Morgan fingerprint density at radius 1 is 1.71 bits per heavy atom. The van der Waals surface area contributed by atoms with E-state index >= 15 is 0 Å². The van der Waals surface area contributed by atoms with Gasteiger partial charge in [-0.1, -0.05) is 30.5 Å². The van der Waals surface area contributed by atoms with Crippen LogP contribution in [0, 0.1) is 0 Å². The molecule has 0 atom stereocenters. The molecule has 0 aliphatic heterocycles. The summed E-state index contributed by atoms with van der Waals surface area (Å²) >= 11 is 5.37. The zero-order valence-corrected chi connectivity index (χ0v) is 5.63. The topological polar surface area (TPSA) is 0 Å². The Bertz CT molecular complexity index is 64.6. The highest BCUT2D eigenvalue weighted by molar-refractivity contribution is 6.25. The molecule has 7 heavy (non-hydrogen) atoms. The Kier molecular flexibility index (Phi) is 4.21. The van der Waals surface area contributed by atoms with Crippen LogP contribution in [0.3, 0.4) is 0 Å². The van der Waals surface area contributed by atoms with Crippen LogP contribution in [0.15, 0.2) is 11.1 Å². The molecule has 0 amide bonds. The number of hydrogen-bond acceptors (Lipinski definition) is 0. The third-order valence-corrected chi connectivity index (χ3v) is 1.20. The van der Waals surface area contributed by atoms with Crippen LogP contribution in [-0.4, -0.2) is 0 Å². The lowest BCUT2D eigenvalue weighted by molar-refractivity contribution is 0.908. The molecule has 0 spiro atoms. The van der Waals surface area contributed by atoms with Crippen molar-refractivity contribution in [3.63, 3.8) is 0 Å². The van der Waals surface area contributed by atoms with E-state index in [2.05, 4.69) is 6.92 Å². The van der Waals surface area contributed by atoms with Gasteiger partial charge in [0.2, 0.25) is 0 Å². The summed E-state index contributed by atoms with van der Waals surface area (Å²) in [5, 5.41) is 0. The molecule has 0 N–H and O–H groups in total. The second-order valence-electron chi connectivity index (χ2n) is 1.71. The Morgan fingerprint density at radius 2 is 2.29 bits per heavy atom. The molecule has 0 saturated heterocycles. The van der Waals surface area contributed by atoms with Crippen molar-refractivity contribution < 1.29 is 0 Å². The Hall–Kier alpha value is 0.0300. The van der Waals surface area contributed by atoms with Gasteiger partial charge in [-0.2, -0.15) is 0 Å². The van der Waals surface area contributed by atoms with Crippen LogP contribution in [0.25, 0.3) is 0 Å². The molecule has 0 fully saturated rings. The maximum atomic E-state index is 5.37. The van der Waals surface area contributed by atoms with Crippen LogP contribution in [0.5, 0.6) is 0 Å². The molecule has 0 bridgehead atoms. The van der Waals surface area contributed by atoms with Gasteiger partial charge in [0.25, 0.3) is 0 Å².